The minimum Gasteiger partial charge on any atom is -0.480 e. The third-order valence-electron chi connectivity index (χ3n) is 0.808. The molecule has 0 aromatic heterocycles. The molecule has 11 heavy (non-hydrogen) atoms. The predicted molar refractivity (Wildman–Crippen MR) is 43.0 cm³/mol. The largest absolute Gasteiger partial charge is 0.480 e. The SMILES string of the molecule is CC=C(C)C.N#CCC(=O)O. The van der Waals surface area contributed by atoms with Crippen LogP contribution in [0.1, 0.15) is 27.2 Å². The van der Waals surface area contributed by atoms with Gasteiger partial charge in [0.15, 0.2) is 0 Å². The van der Waals surface area contributed by atoms with Crippen LogP contribution < -0.4 is 0 Å². The molecule has 0 aromatic rings. The Bertz CT molecular complexity index is 173. The Morgan fingerprint density at radius 2 is 2.00 bits per heavy atom. The van der Waals surface area contributed by atoms with Crippen LogP contribution >= 0.6 is 0 Å². The lowest BCUT2D eigenvalue weighted by Crippen LogP contribution is -1.88. The zero-order valence-corrected chi connectivity index (χ0v) is 7.09. The molecule has 0 rings (SSSR count). The molecule has 62 valence electrons. The Balaban J connectivity index is 0. The van der Waals surface area contributed by atoms with Crippen molar-refractivity contribution < 1.29 is 9.90 Å². The van der Waals surface area contributed by atoms with Crippen LogP contribution in [0.3, 0.4) is 0 Å². The normalized spacial score (nSPS) is 6.73. The van der Waals surface area contributed by atoms with Gasteiger partial charge in [-0.15, -0.1) is 0 Å². The number of carboxylic acids is 1. The number of hydrogen-bond donors (Lipinski definition) is 1. The molecule has 0 aliphatic rings. The van der Waals surface area contributed by atoms with Crippen LogP contribution in [0.5, 0.6) is 0 Å². The molecule has 0 bridgehead atoms. The fourth-order valence-corrected chi connectivity index (χ4v) is 0.0676. The number of carboxylic acid groups (broad SMARTS) is 1. The van der Waals surface area contributed by atoms with Crippen LogP contribution in [0.4, 0.5) is 0 Å². The first-order chi connectivity index (χ1) is 5.04. The highest BCUT2D eigenvalue weighted by molar-refractivity contribution is 5.69. The maximum absolute atomic E-state index is 9.38. The third kappa shape index (κ3) is 28.5. The highest BCUT2D eigenvalue weighted by Gasteiger charge is 1.87. The highest BCUT2D eigenvalue weighted by atomic mass is 16.4. The van der Waals surface area contributed by atoms with Crippen molar-refractivity contribution in [2.45, 2.75) is 27.2 Å². The van der Waals surface area contributed by atoms with Gasteiger partial charge in [-0.05, 0) is 20.8 Å². The molecule has 0 amide bonds. The molecule has 0 saturated carbocycles. The Hall–Kier alpha value is -1.30. The summed E-state index contributed by atoms with van der Waals surface area (Å²) in [6, 6.07) is 1.47. The van der Waals surface area contributed by atoms with E-state index in [0.717, 1.165) is 0 Å². The van der Waals surface area contributed by atoms with Gasteiger partial charge >= 0.3 is 5.97 Å². The number of carbonyl (C=O) groups is 1. The van der Waals surface area contributed by atoms with Crippen LogP contribution in [-0.2, 0) is 4.79 Å². The van der Waals surface area contributed by atoms with E-state index in [1.165, 1.54) is 11.6 Å². The second-order valence-electron chi connectivity index (χ2n) is 2.09. The molecule has 0 spiro atoms. The van der Waals surface area contributed by atoms with Gasteiger partial charge in [0.1, 0.15) is 6.42 Å². The van der Waals surface area contributed by atoms with Crippen molar-refractivity contribution in [1.29, 1.82) is 5.26 Å². The molecule has 0 aromatic carbocycles. The lowest BCUT2D eigenvalue weighted by atomic mass is 10.3. The topological polar surface area (TPSA) is 61.1 Å². The monoisotopic (exact) mass is 155 g/mol. The molecular weight excluding hydrogens is 142 g/mol. The van der Waals surface area contributed by atoms with E-state index in [1.807, 2.05) is 6.92 Å². The second-order valence-corrected chi connectivity index (χ2v) is 2.09. The van der Waals surface area contributed by atoms with E-state index >= 15 is 0 Å². The van der Waals surface area contributed by atoms with E-state index in [-0.39, 0.29) is 0 Å². The van der Waals surface area contributed by atoms with Crippen molar-refractivity contribution in [2.75, 3.05) is 0 Å². The summed E-state index contributed by atoms with van der Waals surface area (Å²) in [5, 5.41) is 15.3. The van der Waals surface area contributed by atoms with E-state index < -0.39 is 12.4 Å². The number of allylic oxidation sites excluding steroid dienone is 2. The smallest absolute Gasteiger partial charge is 0.317 e. The van der Waals surface area contributed by atoms with Gasteiger partial charge in [-0.3, -0.25) is 4.79 Å². The lowest BCUT2D eigenvalue weighted by Gasteiger charge is -1.74. The minimum absolute atomic E-state index is 0.403. The summed E-state index contributed by atoms with van der Waals surface area (Å²) in [7, 11) is 0. The summed E-state index contributed by atoms with van der Waals surface area (Å²) in [5.74, 6) is -1.07. The average Bonchev–Trinajstić information content (AvgIpc) is 1.89. The van der Waals surface area contributed by atoms with Crippen LogP contribution in [0.15, 0.2) is 11.6 Å². The minimum atomic E-state index is -1.07. The molecule has 0 radical (unpaired) electrons. The maximum Gasteiger partial charge on any atom is 0.317 e. The van der Waals surface area contributed by atoms with Gasteiger partial charge in [0.2, 0.25) is 0 Å². The summed E-state index contributed by atoms with van der Waals surface area (Å²) >= 11 is 0. The van der Waals surface area contributed by atoms with Gasteiger partial charge in [-0.2, -0.15) is 5.26 Å². The van der Waals surface area contributed by atoms with Crippen molar-refractivity contribution in [3.05, 3.63) is 11.6 Å². The molecule has 0 aliphatic carbocycles. The first kappa shape index (κ1) is 12.4. The number of nitriles is 1. The maximum atomic E-state index is 9.38. The molecule has 0 atom stereocenters. The summed E-state index contributed by atoms with van der Waals surface area (Å²) in [5.41, 5.74) is 1.38. The van der Waals surface area contributed by atoms with Gasteiger partial charge in [-0.1, -0.05) is 11.6 Å². The van der Waals surface area contributed by atoms with Crippen molar-refractivity contribution in [3.8, 4) is 6.07 Å². The fourth-order valence-electron chi connectivity index (χ4n) is 0.0676. The molecule has 0 unspecified atom stereocenters. The fraction of sp³-hybridized carbons (Fsp3) is 0.500. The molecule has 0 fully saturated rings. The van der Waals surface area contributed by atoms with Crippen molar-refractivity contribution in [1.82, 2.24) is 0 Å². The van der Waals surface area contributed by atoms with Crippen LogP contribution in [0.2, 0.25) is 0 Å². The first-order valence-electron chi connectivity index (χ1n) is 3.22. The summed E-state index contributed by atoms with van der Waals surface area (Å²) in [4.78, 5) is 9.38. The molecule has 3 nitrogen and oxygen atoms in total. The molecule has 1 N–H and O–H groups in total. The Morgan fingerprint density at radius 1 is 1.64 bits per heavy atom. The van der Waals surface area contributed by atoms with E-state index in [9.17, 15) is 4.79 Å². The van der Waals surface area contributed by atoms with Crippen LogP contribution in [-0.4, -0.2) is 11.1 Å². The van der Waals surface area contributed by atoms with Crippen LogP contribution in [0, 0.1) is 11.3 Å². The van der Waals surface area contributed by atoms with Gasteiger partial charge in [0, 0.05) is 0 Å². The van der Waals surface area contributed by atoms with Gasteiger partial charge < -0.3 is 5.11 Å². The van der Waals surface area contributed by atoms with Crippen LogP contribution in [0.25, 0.3) is 0 Å². The Labute approximate surface area is 67.0 Å². The number of nitrogens with zero attached hydrogens (tertiary/aromatic N) is 1. The lowest BCUT2D eigenvalue weighted by molar-refractivity contribution is -0.135. The Kier molecular flexibility index (Phi) is 9.79. The highest BCUT2D eigenvalue weighted by Crippen LogP contribution is 1.82. The number of rotatable bonds is 1. The zero-order chi connectivity index (χ0) is 9.28. The Morgan fingerprint density at radius 3 is 2.00 bits per heavy atom. The van der Waals surface area contributed by atoms with Crippen molar-refractivity contribution in [2.24, 2.45) is 0 Å². The second kappa shape index (κ2) is 8.70. The van der Waals surface area contributed by atoms with E-state index in [0.29, 0.717) is 0 Å². The van der Waals surface area contributed by atoms with Crippen molar-refractivity contribution in [3.63, 3.8) is 0 Å². The van der Waals surface area contributed by atoms with Gasteiger partial charge in [0.05, 0.1) is 6.07 Å². The summed E-state index contributed by atoms with van der Waals surface area (Å²) in [6.07, 6.45) is 1.68. The molecule has 0 saturated heterocycles. The number of hydrogen-bond acceptors (Lipinski definition) is 2. The van der Waals surface area contributed by atoms with Gasteiger partial charge in [0.25, 0.3) is 0 Å². The number of aliphatic carboxylic acids is 1. The van der Waals surface area contributed by atoms with E-state index in [1.54, 1.807) is 0 Å². The molecule has 3 heteroatoms. The average molecular weight is 155 g/mol. The van der Waals surface area contributed by atoms with Crippen molar-refractivity contribution >= 4 is 5.97 Å². The van der Waals surface area contributed by atoms with E-state index in [2.05, 4.69) is 19.9 Å². The molecule has 0 aliphatic heterocycles. The van der Waals surface area contributed by atoms with Gasteiger partial charge in [-0.25, -0.2) is 0 Å². The summed E-state index contributed by atoms with van der Waals surface area (Å²) in [6.45, 7) is 6.20. The predicted octanol–water partition coefficient (Wildman–Crippen LogP) is 1.96. The zero-order valence-electron chi connectivity index (χ0n) is 7.09. The van der Waals surface area contributed by atoms with E-state index in [4.69, 9.17) is 10.4 Å². The first-order valence-corrected chi connectivity index (χ1v) is 3.22. The molecule has 0 heterocycles. The standard InChI is InChI=1S/C5H10.C3H3NO2/c1-4-5(2)3;4-2-1-3(5)6/h4H,1-3H3;1H2,(H,5,6). The quantitative estimate of drug-likeness (QED) is 0.589. The molecular formula is C8H13NO2. The third-order valence-corrected chi connectivity index (χ3v) is 0.808. The summed E-state index contributed by atoms with van der Waals surface area (Å²) < 4.78 is 0.